The Morgan fingerprint density at radius 3 is 2.79 bits per heavy atom. The molecule has 6 heteroatoms. The summed E-state index contributed by atoms with van der Waals surface area (Å²) in [4.78, 5) is 21.8. The Morgan fingerprint density at radius 2 is 2.11 bits per heavy atom. The maximum absolute atomic E-state index is 11.9. The summed E-state index contributed by atoms with van der Waals surface area (Å²) >= 11 is 0. The van der Waals surface area contributed by atoms with Crippen LogP contribution in [0.1, 0.15) is 25.7 Å². The molecular formula is C13H20N4O2. The van der Waals surface area contributed by atoms with E-state index in [1.807, 2.05) is 0 Å². The molecule has 2 atom stereocenters. The maximum Gasteiger partial charge on any atom is 0.239 e. The molecule has 1 aromatic heterocycles. The van der Waals surface area contributed by atoms with E-state index in [2.05, 4.69) is 15.3 Å². The first-order valence-corrected chi connectivity index (χ1v) is 6.62. The number of hydrogen-bond donors (Lipinski definition) is 2. The number of carbonyl (C=O) groups is 1. The first kappa shape index (κ1) is 13.7. The smallest absolute Gasteiger partial charge is 0.239 e. The third kappa shape index (κ3) is 3.89. The van der Waals surface area contributed by atoms with Crippen LogP contribution in [0.4, 0.5) is 5.95 Å². The highest BCUT2D eigenvalue weighted by Crippen LogP contribution is 2.18. The summed E-state index contributed by atoms with van der Waals surface area (Å²) in [6.45, 7) is 0.188. The Labute approximate surface area is 112 Å². The summed E-state index contributed by atoms with van der Waals surface area (Å²) in [6.07, 6.45) is 6.56. The van der Waals surface area contributed by atoms with Crippen molar-refractivity contribution in [3.8, 4) is 0 Å². The van der Waals surface area contributed by atoms with Crippen molar-refractivity contribution in [3.05, 3.63) is 18.5 Å². The van der Waals surface area contributed by atoms with E-state index in [0.29, 0.717) is 5.95 Å². The standard InChI is InChI=1S/C13H20N4O2/c1-17(13-14-7-4-8-15-13)9-12(19)16-10-5-2-3-6-11(10)18/h4,7-8,10-11,18H,2-3,5-6,9H2,1H3,(H,16,19). The highest BCUT2D eigenvalue weighted by molar-refractivity contribution is 5.80. The number of likely N-dealkylation sites (N-methyl/N-ethyl adjacent to an activating group) is 1. The molecule has 0 radical (unpaired) electrons. The summed E-state index contributed by atoms with van der Waals surface area (Å²) < 4.78 is 0. The van der Waals surface area contributed by atoms with Gasteiger partial charge in [-0.25, -0.2) is 9.97 Å². The molecule has 19 heavy (non-hydrogen) atoms. The van der Waals surface area contributed by atoms with Crippen molar-refractivity contribution in [3.63, 3.8) is 0 Å². The molecule has 0 spiro atoms. The van der Waals surface area contributed by atoms with Crippen LogP contribution in [0, 0.1) is 0 Å². The topological polar surface area (TPSA) is 78.4 Å². The van der Waals surface area contributed by atoms with E-state index in [1.165, 1.54) is 0 Å². The van der Waals surface area contributed by atoms with Gasteiger partial charge in [-0.15, -0.1) is 0 Å². The average Bonchev–Trinajstić information content (AvgIpc) is 2.42. The van der Waals surface area contributed by atoms with Crippen LogP contribution in [0.2, 0.25) is 0 Å². The second-order valence-electron chi connectivity index (χ2n) is 4.93. The molecule has 0 bridgehead atoms. The molecule has 1 fully saturated rings. The van der Waals surface area contributed by atoms with Crippen molar-refractivity contribution in [2.75, 3.05) is 18.5 Å². The number of aliphatic hydroxyl groups is 1. The summed E-state index contributed by atoms with van der Waals surface area (Å²) in [6, 6.07) is 1.61. The third-order valence-corrected chi connectivity index (χ3v) is 3.35. The predicted octanol–water partition coefficient (Wildman–Crippen LogP) is 0.332. The molecule has 1 aliphatic carbocycles. The van der Waals surface area contributed by atoms with Gasteiger partial charge in [-0.3, -0.25) is 4.79 Å². The lowest BCUT2D eigenvalue weighted by atomic mass is 9.92. The van der Waals surface area contributed by atoms with Gasteiger partial charge in [-0.2, -0.15) is 0 Å². The number of anilines is 1. The van der Waals surface area contributed by atoms with Crippen molar-refractivity contribution < 1.29 is 9.90 Å². The molecule has 0 aliphatic heterocycles. The van der Waals surface area contributed by atoms with Crippen LogP contribution in [0.3, 0.4) is 0 Å². The van der Waals surface area contributed by atoms with Crippen molar-refractivity contribution in [1.29, 1.82) is 0 Å². The second kappa shape index (κ2) is 6.47. The first-order valence-electron chi connectivity index (χ1n) is 6.62. The van der Waals surface area contributed by atoms with Crippen molar-refractivity contribution in [2.45, 2.75) is 37.8 Å². The van der Waals surface area contributed by atoms with Gasteiger partial charge in [0.25, 0.3) is 0 Å². The van der Waals surface area contributed by atoms with Crippen LogP contribution in [-0.2, 0) is 4.79 Å². The van der Waals surface area contributed by atoms with Crippen LogP contribution in [-0.4, -0.2) is 46.7 Å². The molecule has 104 valence electrons. The fourth-order valence-electron chi connectivity index (χ4n) is 2.31. The lowest BCUT2D eigenvalue weighted by Gasteiger charge is -2.29. The van der Waals surface area contributed by atoms with Crippen molar-refractivity contribution in [2.24, 2.45) is 0 Å². The molecule has 6 nitrogen and oxygen atoms in total. The van der Waals surface area contributed by atoms with Crippen molar-refractivity contribution in [1.82, 2.24) is 15.3 Å². The number of carbonyl (C=O) groups excluding carboxylic acids is 1. The molecule has 1 heterocycles. The Balaban J connectivity index is 1.84. The molecule has 2 rings (SSSR count). The zero-order chi connectivity index (χ0) is 13.7. The van der Waals surface area contributed by atoms with Crippen LogP contribution in [0.15, 0.2) is 18.5 Å². The van der Waals surface area contributed by atoms with Crippen LogP contribution in [0.25, 0.3) is 0 Å². The molecule has 0 saturated heterocycles. The number of amides is 1. The minimum atomic E-state index is -0.420. The van der Waals surface area contributed by atoms with Gasteiger partial charge in [0.05, 0.1) is 18.7 Å². The van der Waals surface area contributed by atoms with Gasteiger partial charge in [0.1, 0.15) is 0 Å². The average molecular weight is 264 g/mol. The lowest BCUT2D eigenvalue weighted by Crippen LogP contribution is -2.48. The number of rotatable bonds is 4. The Hall–Kier alpha value is -1.69. The molecule has 1 amide bonds. The largest absolute Gasteiger partial charge is 0.391 e. The molecule has 1 saturated carbocycles. The summed E-state index contributed by atoms with van der Waals surface area (Å²) in [5, 5.41) is 12.7. The number of nitrogens with zero attached hydrogens (tertiary/aromatic N) is 3. The Morgan fingerprint density at radius 1 is 1.42 bits per heavy atom. The van der Waals surface area contributed by atoms with E-state index < -0.39 is 6.10 Å². The van der Waals surface area contributed by atoms with Gasteiger partial charge in [0.2, 0.25) is 11.9 Å². The highest BCUT2D eigenvalue weighted by Gasteiger charge is 2.24. The number of hydrogen-bond acceptors (Lipinski definition) is 5. The van der Waals surface area contributed by atoms with Gasteiger partial charge < -0.3 is 15.3 Å². The van der Waals surface area contributed by atoms with Gasteiger partial charge in [-0.1, -0.05) is 12.8 Å². The van der Waals surface area contributed by atoms with E-state index in [1.54, 1.807) is 30.4 Å². The van der Waals surface area contributed by atoms with Crippen LogP contribution >= 0.6 is 0 Å². The minimum absolute atomic E-state index is 0.110. The molecule has 1 aliphatic rings. The summed E-state index contributed by atoms with van der Waals surface area (Å²) in [7, 11) is 1.77. The molecule has 1 aromatic rings. The number of aliphatic hydroxyl groups excluding tert-OH is 1. The third-order valence-electron chi connectivity index (χ3n) is 3.35. The minimum Gasteiger partial charge on any atom is -0.391 e. The normalized spacial score (nSPS) is 22.8. The fraction of sp³-hybridized carbons (Fsp3) is 0.615. The molecule has 2 unspecified atom stereocenters. The van der Waals surface area contributed by atoms with E-state index >= 15 is 0 Å². The van der Waals surface area contributed by atoms with Gasteiger partial charge in [0.15, 0.2) is 0 Å². The monoisotopic (exact) mass is 264 g/mol. The Bertz CT molecular complexity index is 412. The summed E-state index contributed by atoms with van der Waals surface area (Å²) in [5.41, 5.74) is 0. The van der Waals surface area contributed by atoms with Crippen LogP contribution in [0.5, 0.6) is 0 Å². The fourth-order valence-corrected chi connectivity index (χ4v) is 2.31. The molecular weight excluding hydrogens is 244 g/mol. The quantitative estimate of drug-likeness (QED) is 0.819. The highest BCUT2D eigenvalue weighted by atomic mass is 16.3. The zero-order valence-corrected chi connectivity index (χ0v) is 11.1. The second-order valence-corrected chi connectivity index (χ2v) is 4.93. The summed E-state index contributed by atoms with van der Waals surface area (Å²) in [5.74, 6) is 0.405. The molecule has 2 N–H and O–H groups in total. The van der Waals surface area contributed by atoms with Gasteiger partial charge >= 0.3 is 0 Å². The Kier molecular flexibility index (Phi) is 4.68. The number of aromatic nitrogens is 2. The van der Waals surface area contributed by atoms with E-state index in [-0.39, 0.29) is 18.5 Å². The maximum atomic E-state index is 11.9. The number of nitrogens with one attached hydrogen (secondary N) is 1. The molecule has 0 aromatic carbocycles. The van der Waals surface area contributed by atoms with Gasteiger partial charge in [0, 0.05) is 19.4 Å². The van der Waals surface area contributed by atoms with Crippen LogP contribution < -0.4 is 10.2 Å². The van der Waals surface area contributed by atoms with E-state index in [9.17, 15) is 9.90 Å². The SMILES string of the molecule is CN(CC(=O)NC1CCCCC1O)c1ncccn1. The zero-order valence-electron chi connectivity index (χ0n) is 11.1. The lowest BCUT2D eigenvalue weighted by molar-refractivity contribution is -0.121. The van der Waals surface area contributed by atoms with Gasteiger partial charge in [-0.05, 0) is 18.9 Å². The van der Waals surface area contributed by atoms with E-state index in [4.69, 9.17) is 0 Å². The van der Waals surface area contributed by atoms with Crippen molar-refractivity contribution >= 4 is 11.9 Å². The predicted molar refractivity (Wildman–Crippen MR) is 71.7 cm³/mol. The van der Waals surface area contributed by atoms with E-state index in [0.717, 1.165) is 25.7 Å². The first-order chi connectivity index (χ1) is 9.16.